The SMILES string of the molecule is [SiH3]CC1CCCCCCCCCCCCCCCCC1. The minimum atomic E-state index is 1.10. The molecule has 0 nitrogen and oxygen atoms in total. The van der Waals surface area contributed by atoms with Crippen molar-refractivity contribution in [1.82, 2.24) is 0 Å². The minimum Gasteiger partial charge on any atom is -0.0631 e. The lowest BCUT2D eigenvalue weighted by molar-refractivity contribution is 0.428. The third-order valence-corrected chi connectivity index (χ3v) is 6.46. The van der Waals surface area contributed by atoms with Crippen LogP contribution in [0.15, 0.2) is 0 Å². The molecule has 0 aliphatic heterocycles. The summed E-state index contributed by atoms with van der Waals surface area (Å²) in [7, 11) is 1.42. The van der Waals surface area contributed by atoms with Gasteiger partial charge in [-0.2, -0.15) is 0 Å². The summed E-state index contributed by atoms with van der Waals surface area (Å²) in [6.07, 6.45) is 25.7. The molecule has 0 atom stereocenters. The van der Waals surface area contributed by atoms with Crippen LogP contribution in [0.25, 0.3) is 0 Å². The van der Waals surface area contributed by atoms with Gasteiger partial charge in [-0.15, -0.1) is 0 Å². The van der Waals surface area contributed by atoms with Gasteiger partial charge in [-0.3, -0.25) is 0 Å². The van der Waals surface area contributed by atoms with Crippen LogP contribution in [0.1, 0.15) is 109 Å². The predicted octanol–water partition coefficient (Wildman–Crippen LogP) is 6.03. The van der Waals surface area contributed by atoms with Gasteiger partial charge >= 0.3 is 0 Å². The van der Waals surface area contributed by atoms with E-state index in [0.717, 1.165) is 5.92 Å². The van der Waals surface area contributed by atoms with Crippen molar-refractivity contribution in [2.45, 2.75) is 115 Å². The molecule has 1 heteroatoms. The maximum Gasteiger partial charge on any atom is 0.00314 e. The summed E-state index contributed by atoms with van der Waals surface area (Å²) in [6, 6.07) is 1.56. The lowest BCUT2D eigenvalue weighted by Gasteiger charge is -2.14. The minimum absolute atomic E-state index is 1.10. The molecule has 1 aliphatic rings. The Morgan fingerprint density at radius 2 is 0.700 bits per heavy atom. The topological polar surface area (TPSA) is 0 Å². The van der Waals surface area contributed by atoms with Crippen molar-refractivity contribution in [3.8, 4) is 0 Å². The van der Waals surface area contributed by atoms with Gasteiger partial charge in [0.25, 0.3) is 0 Å². The summed E-state index contributed by atoms with van der Waals surface area (Å²) in [4.78, 5) is 0. The van der Waals surface area contributed by atoms with Crippen LogP contribution in [-0.2, 0) is 0 Å². The van der Waals surface area contributed by atoms with Crippen LogP contribution in [-0.4, -0.2) is 10.2 Å². The van der Waals surface area contributed by atoms with E-state index in [2.05, 4.69) is 0 Å². The first kappa shape index (κ1) is 18.3. The Balaban J connectivity index is 2.14. The fourth-order valence-corrected chi connectivity index (χ4v) is 4.53. The van der Waals surface area contributed by atoms with Gasteiger partial charge in [0.15, 0.2) is 0 Å². The molecule has 0 amide bonds. The maximum atomic E-state index is 1.56. The zero-order chi connectivity index (χ0) is 14.3. The summed E-state index contributed by atoms with van der Waals surface area (Å²) in [6.45, 7) is 0. The summed E-state index contributed by atoms with van der Waals surface area (Å²) in [5.41, 5.74) is 0. The highest BCUT2D eigenvalue weighted by atomic mass is 28.1. The fraction of sp³-hybridized carbons (Fsp3) is 1.00. The van der Waals surface area contributed by atoms with Crippen LogP contribution in [0, 0.1) is 5.92 Å². The van der Waals surface area contributed by atoms with Gasteiger partial charge in [-0.05, 0) is 5.92 Å². The highest BCUT2D eigenvalue weighted by Crippen LogP contribution is 2.22. The Hall–Kier alpha value is 0.217. The molecule has 0 spiro atoms. The van der Waals surface area contributed by atoms with Crippen molar-refractivity contribution < 1.29 is 0 Å². The molecule has 1 aliphatic carbocycles. The second kappa shape index (κ2) is 14.2. The van der Waals surface area contributed by atoms with E-state index in [0.29, 0.717) is 0 Å². The predicted molar refractivity (Wildman–Crippen MR) is 96.7 cm³/mol. The molecule has 1 rings (SSSR count). The van der Waals surface area contributed by atoms with E-state index >= 15 is 0 Å². The van der Waals surface area contributed by atoms with Crippen LogP contribution >= 0.6 is 0 Å². The largest absolute Gasteiger partial charge is 0.0631 e. The van der Waals surface area contributed by atoms with Gasteiger partial charge in [0.2, 0.25) is 0 Å². The van der Waals surface area contributed by atoms with Gasteiger partial charge < -0.3 is 0 Å². The molecule has 120 valence electrons. The average molecular weight is 297 g/mol. The molecule has 1 fully saturated rings. The van der Waals surface area contributed by atoms with E-state index in [4.69, 9.17) is 0 Å². The fourth-order valence-electron chi connectivity index (χ4n) is 3.72. The van der Waals surface area contributed by atoms with E-state index in [1.807, 2.05) is 0 Å². The summed E-state index contributed by atoms with van der Waals surface area (Å²) in [5.74, 6) is 1.10. The van der Waals surface area contributed by atoms with Crippen molar-refractivity contribution in [2.24, 2.45) is 5.92 Å². The quantitative estimate of drug-likeness (QED) is 0.518. The summed E-state index contributed by atoms with van der Waals surface area (Å²) in [5, 5.41) is 0. The molecule has 0 aromatic rings. The molecule has 0 radical (unpaired) electrons. The summed E-state index contributed by atoms with van der Waals surface area (Å²) < 4.78 is 0. The summed E-state index contributed by atoms with van der Waals surface area (Å²) >= 11 is 0. The maximum absolute atomic E-state index is 1.56. The Labute approximate surface area is 131 Å². The Bertz CT molecular complexity index is 172. The van der Waals surface area contributed by atoms with Crippen molar-refractivity contribution in [1.29, 1.82) is 0 Å². The average Bonchev–Trinajstić information content (AvgIpc) is 2.47. The molecule has 0 unspecified atom stereocenters. The lowest BCUT2D eigenvalue weighted by atomic mass is 9.95. The molecular weight excluding hydrogens is 256 g/mol. The highest BCUT2D eigenvalue weighted by Gasteiger charge is 2.06. The van der Waals surface area contributed by atoms with Crippen LogP contribution in [0.5, 0.6) is 0 Å². The first-order valence-electron chi connectivity index (χ1n) is 9.93. The second-order valence-electron chi connectivity index (χ2n) is 7.15. The van der Waals surface area contributed by atoms with E-state index in [1.54, 1.807) is 18.9 Å². The number of hydrogen-bond acceptors (Lipinski definition) is 0. The molecule has 0 saturated heterocycles. The molecule has 20 heavy (non-hydrogen) atoms. The van der Waals surface area contributed by atoms with Crippen molar-refractivity contribution in [2.75, 3.05) is 0 Å². The van der Waals surface area contributed by atoms with Crippen molar-refractivity contribution in [3.05, 3.63) is 0 Å². The van der Waals surface area contributed by atoms with E-state index in [1.165, 1.54) is 107 Å². The number of rotatable bonds is 1. The number of hydrogen-bond donors (Lipinski definition) is 0. The molecule has 0 N–H and O–H groups in total. The van der Waals surface area contributed by atoms with E-state index in [9.17, 15) is 0 Å². The van der Waals surface area contributed by atoms with Gasteiger partial charge in [0, 0.05) is 10.2 Å². The Morgan fingerprint density at radius 3 is 0.950 bits per heavy atom. The first-order valence-corrected chi connectivity index (χ1v) is 11.3. The molecular formula is C19H40Si. The third kappa shape index (κ3) is 10.9. The van der Waals surface area contributed by atoms with Crippen molar-refractivity contribution in [3.63, 3.8) is 0 Å². The van der Waals surface area contributed by atoms with Crippen LogP contribution < -0.4 is 0 Å². The van der Waals surface area contributed by atoms with Crippen LogP contribution in [0.4, 0.5) is 0 Å². The van der Waals surface area contributed by atoms with Gasteiger partial charge in [-0.25, -0.2) is 0 Å². The van der Waals surface area contributed by atoms with Gasteiger partial charge in [-0.1, -0.05) is 115 Å². The van der Waals surface area contributed by atoms with Gasteiger partial charge in [0.05, 0.1) is 0 Å². The molecule has 0 aromatic heterocycles. The smallest absolute Gasteiger partial charge is 0.00314 e. The standard InChI is InChI=1S/C19H40Si/c20-18-19-16-14-12-10-8-6-4-2-1-3-5-7-9-11-13-15-17-19/h19H,1-18H2,20H3. The Kier molecular flexibility index (Phi) is 12.9. The first-order chi connectivity index (χ1) is 9.93. The molecule has 1 saturated carbocycles. The monoisotopic (exact) mass is 296 g/mol. The second-order valence-corrected chi connectivity index (χ2v) is 7.97. The molecule has 0 aromatic carbocycles. The van der Waals surface area contributed by atoms with Crippen molar-refractivity contribution >= 4 is 10.2 Å². The highest BCUT2D eigenvalue weighted by molar-refractivity contribution is 6.08. The lowest BCUT2D eigenvalue weighted by Crippen LogP contribution is -2.00. The zero-order valence-electron chi connectivity index (χ0n) is 14.3. The van der Waals surface area contributed by atoms with Crippen LogP contribution in [0.2, 0.25) is 6.04 Å². The van der Waals surface area contributed by atoms with Gasteiger partial charge in [0.1, 0.15) is 0 Å². The Morgan fingerprint density at radius 1 is 0.450 bits per heavy atom. The zero-order valence-corrected chi connectivity index (χ0v) is 16.3. The van der Waals surface area contributed by atoms with E-state index in [-0.39, 0.29) is 0 Å². The van der Waals surface area contributed by atoms with Crippen LogP contribution in [0.3, 0.4) is 0 Å². The third-order valence-electron chi connectivity index (χ3n) is 5.30. The normalized spacial score (nSPS) is 24.0. The molecule has 0 bridgehead atoms. The molecule has 0 heterocycles. The van der Waals surface area contributed by atoms with E-state index < -0.39 is 0 Å².